The van der Waals surface area contributed by atoms with Crippen LogP contribution < -0.4 is 20.7 Å². The van der Waals surface area contributed by atoms with E-state index in [1.54, 1.807) is 12.1 Å². The van der Waals surface area contributed by atoms with Crippen LogP contribution in [-0.4, -0.2) is 12.8 Å². The Hall–Kier alpha value is -2.48. The Morgan fingerprint density at radius 3 is 1.47 bits per heavy atom. The Balaban J connectivity index is 1.65. The summed E-state index contributed by atoms with van der Waals surface area (Å²) in [6, 6.07) is 38.7. The molecule has 0 fully saturated rings. The Kier molecular flexibility index (Phi) is 7.08. The first-order chi connectivity index (χ1) is 15.6. The average molecular weight is 509 g/mol. The van der Waals surface area contributed by atoms with Crippen molar-refractivity contribution in [2.45, 2.75) is 12.8 Å². The molecule has 0 aliphatic carbocycles. The van der Waals surface area contributed by atoms with Crippen molar-refractivity contribution in [1.82, 2.24) is 0 Å². The molecule has 4 rings (SSSR count). The van der Waals surface area contributed by atoms with Crippen molar-refractivity contribution in [2.75, 3.05) is 12.8 Å². The molecule has 1 nitrogen and oxygen atoms in total. The third-order valence-electron chi connectivity index (χ3n) is 5.94. The van der Waals surface area contributed by atoms with Gasteiger partial charge in [0, 0.05) is 0 Å². The number of hydrogen-bond donors (Lipinski definition) is 0. The first-order valence-electron chi connectivity index (χ1n) is 10.9. The van der Waals surface area contributed by atoms with Crippen LogP contribution in [0.25, 0.3) is 0 Å². The van der Waals surface area contributed by atoms with Gasteiger partial charge in [0.2, 0.25) is 0 Å². The SMILES string of the molecule is Fc1ccc(OCCCCP(Br)(c2ccccc2)(c2ccccc2)c2ccccc2)cc1. The van der Waals surface area contributed by atoms with E-state index in [2.05, 4.69) is 106 Å². The second kappa shape index (κ2) is 9.98. The summed E-state index contributed by atoms with van der Waals surface area (Å²) in [6.07, 6.45) is 2.88. The second-order valence-corrected chi connectivity index (χ2v) is 17.0. The molecule has 0 aliphatic heterocycles. The van der Waals surface area contributed by atoms with E-state index in [-0.39, 0.29) is 5.82 Å². The van der Waals surface area contributed by atoms with E-state index < -0.39 is 5.31 Å². The number of unbranched alkanes of at least 4 members (excludes halogenated alkanes) is 1. The van der Waals surface area contributed by atoms with Crippen molar-refractivity contribution in [3.05, 3.63) is 121 Å². The van der Waals surface area contributed by atoms with Crippen molar-refractivity contribution >= 4 is 36.7 Å². The van der Waals surface area contributed by atoms with Crippen LogP contribution in [0, 0.1) is 5.82 Å². The van der Waals surface area contributed by atoms with Gasteiger partial charge >= 0.3 is 198 Å². The molecule has 4 aromatic rings. The molecule has 0 heterocycles. The average Bonchev–Trinajstić information content (AvgIpc) is 2.86. The van der Waals surface area contributed by atoms with Gasteiger partial charge in [-0.15, -0.1) is 0 Å². The van der Waals surface area contributed by atoms with Crippen LogP contribution in [0.4, 0.5) is 4.39 Å². The van der Waals surface area contributed by atoms with E-state index >= 15 is 0 Å². The van der Waals surface area contributed by atoms with Gasteiger partial charge < -0.3 is 0 Å². The van der Waals surface area contributed by atoms with E-state index in [0.29, 0.717) is 12.4 Å². The summed E-state index contributed by atoms with van der Waals surface area (Å²) in [7, 11) is 0. The van der Waals surface area contributed by atoms with Gasteiger partial charge in [0.1, 0.15) is 0 Å². The summed E-state index contributed by atoms with van der Waals surface area (Å²) < 4.78 is 19.0. The fourth-order valence-electron chi connectivity index (χ4n) is 4.28. The van der Waals surface area contributed by atoms with E-state index in [9.17, 15) is 4.39 Å². The monoisotopic (exact) mass is 508 g/mol. The molecule has 0 saturated carbocycles. The normalized spacial score (nSPS) is 12.6. The molecule has 32 heavy (non-hydrogen) atoms. The van der Waals surface area contributed by atoms with Gasteiger partial charge in [-0.25, -0.2) is 0 Å². The number of ether oxygens (including phenoxy) is 1. The second-order valence-electron chi connectivity index (χ2n) is 7.92. The number of hydrogen-bond acceptors (Lipinski definition) is 1. The van der Waals surface area contributed by atoms with E-state index in [4.69, 9.17) is 4.74 Å². The van der Waals surface area contributed by atoms with Gasteiger partial charge in [-0.05, 0) is 0 Å². The Morgan fingerprint density at radius 2 is 1.03 bits per heavy atom. The molecule has 0 bridgehead atoms. The Morgan fingerprint density at radius 1 is 0.594 bits per heavy atom. The molecule has 0 aliphatic rings. The minimum absolute atomic E-state index is 0.248. The molecule has 4 heteroatoms. The fraction of sp³-hybridized carbons (Fsp3) is 0.143. The number of benzene rings is 4. The molecule has 0 spiro atoms. The van der Waals surface area contributed by atoms with Crippen LogP contribution in [-0.2, 0) is 0 Å². The van der Waals surface area contributed by atoms with Crippen molar-refractivity contribution in [1.29, 1.82) is 0 Å². The zero-order valence-corrected chi connectivity index (χ0v) is 20.4. The summed E-state index contributed by atoms with van der Waals surface area (Å²) in [4.78, 5) is 0. The van der Waals surface area contributed by atoms with Crippen LogP contribution >= 0.6 is 20.8 Å². The summed E-state index contributed by atoms with van der Waals surface area (Å²) in [5.41, 5.74) is 0. The van der Waals surface area contributed by atoms with Crippen LogP contribution in [0.3, 0.4) is 0 Å². The molecular weight excluding hydrogens is 482 g/mol. The number of rotatable bonds is 9. The molecule has 0 N–H and O–H groups in total. The molecule has 0 aromatic heterocycles. The molecular formula is C28H27BrFOP. The van der Waals surface area contributed by atoms with E-state index in [1.165, 1.54) is 28.0 Å². The Bertz CT molecular complexity index is 1020. The minimum atomic E-state index is -2.87. The number of halogens is 2. The summed E-state index contributed by atoms with van der Waals surface area (Å²) >= 11 is 4.47. The van der Waals surface area contributed by atoms with Gasteiger partial charge in [-0.1, -0.05) is 0 Å². The van der Waals surface area contributed by atoms with Crippen molar-refractivity contribution < 1.29 is 9.13 Å². The van der Waals surface area contributed by atoms with Gasteiger partial charge in [0.25, 0.3) is 0 Å². The van der Waals surface area contributed by atoms with Gasteiger partial charge in [0.15, 0.2) is 0 Å². The van der Waals surface area contributed by atoms with E-state index in [1.807, 2.05) is 0 Å². The zero-order valence-electron chi connectivity index (χ0n) is 17.9. The molecule has 0 amide bonds. The molecule has 0 radical (unpaired) electrons. The third-order valence-corrected chi connectivity index (χ3v) is 16.0. The fourth-order valence-corrected chi connectivity index (χ4v) is 12.0. The zero-order chi connectivity index (χ0) is 22.3. The standard InChI is InChI=1S/C28H27BrFOP/c29-32(26-12-4-1-5-13-26,27-14-6-2-7-15-27,28-16-8-3-9-17-28)23-11-10-22-31-25-20-18-24(30)19-21-25/h1-9,12-21H,10-11,22-23H2. The molecule has 4 aromatic carbocycles. The van der Waals surface area contributed by atoms with Crippen LogP contribution in [0.5, 0.6) is 5.75 Å². The van der Waals surface area contributed by atoms with Crippen LogP contribution in [0.2, 0.25) is 0 Å². The van der Waals surface area contributed by atoms with Gasteiger partial charge in [-0.2, -0.15) is 0 Å². The van der Waals surface area contributed by atoms with Crippen LogP contribution in [0.1, 0.15) is 12.8 Å². The quantitative estimate of drug-likeness (QED) is 0.178. The predicted octanol–water partition coefficient (Wildman–Crippen LogP) is 6.82. The maximum absolute atomic E-state index is 13.1. The van der Waals surface area contributed by atoms with Crippen molar-refractivity contribution in [3.8, 4) is 5.75 Å². The predicted molar refractivity (Wildman–Crippen MR) is 140 cm³/mol. The third kappa shape index (κ3) is 4.51. The first-order valence-corrected chi connectivity index (χ1v) is 15.3. The summed E-state index contributed by atoms with van der Waals surface area (Å²) in [5, 5.41) is 1.12. The summed E-state index contributed by atoms with van der Waals surface area (Å²) in [6.45, 7) is 0.601. The van der Waals surface area contributed by atoms with Gasteiger partial charge in [-0.3, -0.25) is 0 Å². The topological polar surface area (TPSA) is 9.23 Å². The Labute approximate surface area is 197 Å². The molecule has 164 valence electrons. The van der Waals surface area contributed by atoms with Crippen molar-refractivity contribution in [2.24, 2.45) is 0 Å². The van der Waals surface area contributed by atoms with E-state index in [0.717, 1.165) is 19.0 Å². The first kappa shape index (κ1) is 22.7. The molecule has 0 unspecified atom stereocenters. The molecule has 0 saturated heterocycles. The van der Waals surface area contributed by atoms with Crippen LogP contribution in [0.15, 0.2) is 115 Å². The summed E-state index contributed by atoms with van der Waals surface area (Å²) in [5.74, 6) is 0.458. The van der Waals surface area contributed by atoms with Crippen molar-refractivity contribution in [3.63, 3.8) is 0 Å². The molecule has 0 atom stereocenters. The maximum atomic E-state index is 13.1. The van der Waals surface area contributed by atoms with Gasteiger partial charge in [0.05, 0.1) is 0 Å².